The van der Waals surface area contributed by atoms with Gasteiger partial charge in [-0.25, -0.2) is 0 Å². The van der Waals surface area contributed by atoms with Gasteiger partial charge in [0.05, 0.1) is 5.56 Å². The van der Waals surface area contributed by atoms with Crippen molar-refractivity contribution < 1.29 is 27.5 Å². The van der Waals surface area contributed by atoms with Crippen LogP contribution in [0.15, 0.2) is 24.3 Å². The van der Waals surface area contributed by atoms with Gasteiger partial charge < -0.3 is 14.5 Å². The van der Waals surface area contributed by atoms with Crippen molar-refractivity contribution >= 4 is 11.8 Å². The predicted molar refractivity (Wildman–Crippen MR) is 82.9 cm³/mol. The summed E-state index contributed by atoms with van der Waals surface area (Å²) in [5.41, 5.74) is -0.567. The molecule has 25 heavy (non-hydrogen) atoms. The quantitative estimate of drug-likeness (QED) is 0.816. The van der Waals surface area contributed by atoms with E-state index in [4.69, 9.17) is 4.74 Å². The SMILES string of the molecule is O=C(c1ccc(C(F)(F)F)cc1)N1CCN(C(=O)[C@H]2CCCO2)CC1. The molecular formula is C17H19F3N2O3. The topological polar surface area (TPSA) is 49.9 Å². The van der Waals surface area contributed by atoms with Crippen LogP contribution in [0.3, 0.4) is 0 Å². The van der Waals surface area contributed by atoms with Crippen LogP contribution in [0.25, 0.3) is 0 Å². The Bertz CT molecular complexity index is 632. The second-order valence-corrected chi connectivity index (χ2v) is 6.19. The molecule has 0 bridgehead atoms. The van der Waals surface area contributed by atoms with E-state index in [2.05, 4.69) is 0 Å². The van der Waals surface area contributed by atoms with E-state index < -0.39 is 11.7 Å². The molecule has 0 spiro atoms. The van der Waals surface area contributed by atoms with Crippen LogP contribution in [0.5, 0.6) is 0 Å². The average molecular weight is 356 g/mol. The Labute approximate surface area is 143 Å². The van der Waals surface area contributed by atoms with Crippen LogP contribution < -0.4 is 0 Å². The van der Waals surface area contributed by atoms with Crippen molar-refractivity contribution in [1.29, 1.82) is 0 Å². The van der Waals surface area contributed by atoms with Gasteiger partial charge in [0.2, 0.25) is 0 Å². The third kappa shape index (κ3) is 3.95. The minimum absolute atomic E-state index is 0.0425. The molecule has 2 aliphatic rings. The first-order valence-electron chi connectivity index (χ1n) is 8.23. The van der Waals surface area contributed by atoms with E-state index >= 15 is 0 Å². The van der Waals surface area contributed by atoms with Crippen molar-refractivity contribution in [3.05, 3.63) is 35.4 Å². The van der Waals surface area contributed by atoms with E-state index in [1.165, 1.54) is 12.1 Å². The molecule has 3 rings (SSSR count). The maximum absolute atomic E-state index is 12.6. The number of amides is 2. The minimum atomic E-state index is -4.42. The second-order valence-electron chi connectivity index (χ2n) is 6.19. The summed E-state index contributed by atoms with van der Waals surface area (Å²) in [7, 11) is 0. The molecule has 1 atom stereocenters. The van der Waals surface area contributed by atoms with Crippen LogP contribution in [-0.4, -0.2) is 60.5 Å². The Hall–Kier alpha value is -2.09. The molecule has 2 saturated heterocycles. The largest absolute Gasteiger partial charge is 0.416 e. The number of ether oxygens (including phenoxy) is 1. The number of rotatable bonds is 2. The monoisotopic (exact) mass is 356 g/mol. The van der Waals surface area contributed by atoms with Gasteiger partial charge in [0, 0.05) is 38.3 Å². The van der Waals surface area contributed by atoms with E-state index in [0.717, 1.165) is 25.0 Å². The lowest BCUT2D eigenvalue weighted by Crippen LogP contribution is -2.52. The zero-order valence-electron chi connectivity index (χ0n) is 13.6. The Morgan fingerprint density at radius 1 is 1.00 bits per heavy atom. The van der Waals surface area contributed by atoms with Crippen molar-refractivity contribution in [2.24, 2.45) is 0 Å². The summed E-state index contributed by atoms with van der Waals surface area (Å²) in [6.45, 7) is 2.13. The highest BCUT2D eigenvalue weighted by molar-refractivity contribution is 5.94. The van der Waals surface area contributed by atoms with Crippen molar-refractivity contribution in [3.8, 4) is 0 Å². The third-order valence-corrected chi connectivity index (χ3v) is 4.54. The van der Waals surface area contributed by atoms with E-state index in [1.807, 2.05) is 0 Å². The molecular weight excluding hydrogens is 337 g/mol. The highest BCUT2D eigenvalue weighted by Crippen LogP contribution is 2.29. The van der Waals surface area contributed by atoms with Crippen LogP contribution in [0, 0.1) is 0 Å². The Balaban J connectivity index is 1.57. The lowest BCUT2D eigenvalue weighted by molar-refractivity contribution is -0.142. The molecule has 5 nitrogen and oxygen atoms in total. The van der Waals surface area contributed by atoms with Crippen molar-refractivity contribution in [2.75, 3.05) is 32.8 Å². The first-order valence-corrected chi connectivity index (χ1v) is 8.23. The number of carbonyl (C=O) groups excluding carboxylic acids is 2. The van der Waals surface area contributed by atoms with Gasteiger partial charge in [0.15, 0.2) is 0 Å². The van der Waals surface area contributed by atoms with Gasteiger partial charge >= 0.3 is 6.18 Å². The van der Waals surface area contributed by atoms with E-state index in [1.54, 1.807) is 9.80 Å². The average Bonchev–Trinajstić information content (AvgIpc) is 3.14. The lowest BCUT2D eigenvalue weighted by atomic mass is 10.1. The standard InChI is InChI=1S/C17H19F3N2O3/c18-17(19,20)13-5-3-12(4-6-13)15(23)21-7-9-22(10-8-21)16(24)14-2-1-11-25-14/h3-6,14H,1-2,7-11H2/t14-/m1/s1. The number of hydrogen-bond donors (Lipinski definition) is 0. The molecule has 2 fully saturated rings. The molecule has 2 aliphatic heterocycles. The normalized spacial score (nSPS) is 21.5. The Morgan fingerprint density at radius 3 is 2.12 bits per heavy atom. The van der Waals surface area contributed by atoms with Crippen LogP contribution in [0.4, 0.5) is 13.2 Å². The Kier molecular flexibility index (Phi) is 4.99. The lowest BCUT2D eigenvalue weighted by Gasteiger charge is -2.35. The van der Waals surface area contributed by atoms with Crippen LogP contribution in [0.2, 0.25) is 0 Å². The molecule has 8 heteroatoms. The molecule has 0 aliphatic carbocycles. The molecule has 136 valence electrons. The van der Waals surface area contributed by atoms with Crippen molar-refractivity contribution in [2.45, 2.75) is 25.1 Å². The molecule has 2 amide bonds. The molecule has 0 saturated carbocycles. The summed E-state index contributed by atoms with van der Waals surface area (Å²) in [6.07, 6.45) is -3.19. The molecule has 1 aromatic carbocycles. The maximum atomic E-state index is 12.6. The highest BCUT2D eigenvalue weighted by atomic mass is 19.4. The van der Waals surface area contributed by atoms with Gasteiger partial charge in [-0.3, -0.25) is 9.59 Å². The number of nitrogens with zero attached hydrogens (tertiary/aromatic N) is 2. The fourth-order valence-corrected chi connectivity index (χ4v) is 3.09. The van der Waals surface area contributed by atoms with Gasteiger partial charge in [-0.2, -0.15) is 13.2 Å². The summed E-state index contributed by atoms with van der Waals surface area (Å²) in [6, 6.07) is 4.19. The Morgan fingerprint density at radius 2 is 1.60 bits per heavy atom. The number of hydrogen-bond acceptors (Lipinski definition) is 3. The minimum Gasteiger partial charge on any atom is -0.368 e. The van der Waals surface area contributed by atoms with E-state index in [-0.39, 0.29) is 23.5 Å². The first-order chi connectivity index (χ1) is 11.9. The molecule has 2 heterocycles. The van der Waals surface area contributed by atoms with E-state index in [0.29, 0.717) is 32.8 Å². The van der Waals surface area contributed by atoms with Crippen molar-refractivity contribution in [3.63, 3.8) is 0 Å². The first kappa shape index (κ1) is 17.7. The summed E-state index contributed by atoms with van der Waals surface area (Å²) in [5.74, 6) is -0.364. The van der Waals surface area contributed by atoms with Gasteiger partial charge in [0.1, 0.15) is 6.10 Å². The molecule has 1 aromatic rings. The van der Waals surface area contributed by atoms with Crippen LogP contribution >= 0.6 is 0 Å². The molecule has 0 radical (unpaired) electrons. The van der Waals surface area contributed by atoms with Crippen LogP contribution in [0.1, 0.15) is 28.8 Å². The predicted octanol–water partition coefficient (Wildman–Crippen LogP) is 2.17. The fourth-order valence-electron chi connectivity index (χ4n) is 3.09. The second kappa shape index (κ2) is 7.03. The van der Waals surface area contributed by atoms with Crippen molar-refractivity contribution in [1.82, 2.24) is 9.80 Å². The number of benzene rings is 1. The van der Waals surface area contributed by atoms with Crippen LogP contribution in [-0.2, 0) is 15.7 Å². The summed E-state index contributed by atoms with van der Waals surface area (Å²) < 4.78 is 43.1. The number of halogens is 3. The van der Waals surface area contributed by atoms with Gasteiger partial charge in [-0.05, 0) is 37.1 Å². The highest BCUT2D eigenvalue weighted by Gasteiger charge is 2.32. The third-order valence-electron chi connectivity index (χ3n) is 4.54. The molecule has 0 N–H and O–H groups in total. The van der Waals surface area contributed by atoms with Gasteiger partial charge in [-0.1, -0.05) is 0 Å². The van der Waals surface area contributed by atoms with Gasteiger partial charge in [0.25, 0.3) is 11.8 Å². The number of piperazine rings is 1. The fraction of sp³-hybridized carbons (Fsp3) is 0.529. The summed E-state index contributed by atoms with van der Waals surface area (Å²) >= 11 is 0. The molecule has 0 aromatic heterocycles. The molecule has 0 unspecified atom stereocenters. The zero-order chi connectivity index (χ0) is 18.0. The number of carbonyl (C=O) groups is 2. The summed E-state index contributed by atoms with van der Waals surface area (Å²) in [5, 5.41) is 0. The zero-order valence-corrected chi connectivity index (χ0v) is 13.6. The van der Waals surface area contributed by atoms with E-state index in [9.17, 15) is 22.8 Å². The summed E-state index contributed by atoms with van der Waals surface area (Å²) in [4.78, 5) is 27.9. The van der Waals surface area contributed by atoms with Gasteiger partial charge in [-0.15, -0.1) is 0 Å². The smallest absolute Gasteiger partial charge is 0.368 e. The maximum Gasteiger partial charge on any atom is 0.416 e. The number of alkyl halides is 3.